The molecule has 2 rings (SSSR count). The van der Waals surface area contributed by atoms with E-state index in [9.17, 15) is 9.59 Å². The number of carboxylic acids is 1. The second kappa shape index (κ2) is 10.6. The Morgan fingerprint density at radius 2 is 1.60 bits per heavy atom. The average molecular weight is 357 g/mol. The molecule has 2 aromatic carbocycles. The summed E-state index contributed by atoms with van der Waals surface area (Å²) in [4.78, 5) is 24.2. The van der Waals surface area contributed by atoms with E-state index in [1.165, 1.54) is 0 Å². The van der Waals surface area contributed by atoms with Crippen LogP contribution in [0.3, 0.4) is 0 Å². The van der Waals surface area contributed by atoms with Crippen LogP contribution >= 0.6 is 11.8 Å². The van der Waals surface area contributed by atoms with E-state index in [4.69, 9.17) is 5.11 Å². The van der Waals surface area contributed by atoms with Crippen LogP contribution in [0.25, 0.3) is 0 Å². The summed E-state index contributed by atoms with van der Waals surface area (Å²) < 4.78 is 0. The van der Waals surface area contributed by atoms with Crippen LogP contribution in [0.4, 0.5) is 0 Å². The van der Waals surface area contributed by atoms with E-state index in [1.54, 1.807) is 11.8 Å². The number of aliphatic carboxylic acids is 1. The van der Waals surface area contributed by atoms with Gasteiger partial charge >= 0.3 is 5.97 Å². The lowest BCUT2D eigenvalue weighted by Gasteiger charge is -2.18. The molecule has 0 bridgehead atoms. The van der Waals surface area contributed by atoms with Crippen LogP contribution in [0.1, 0.15) is 24.8 Å². The monoisotopic (exact) mass is 357 g/mol. The van der Waals surface area contributed by atoms with Gasteiger partial charge in [-0.2, -0.15) is 0 Å². The first-order valence-corrected chi connectivity index (χ1v) is 9.35. The van der Waals surface area contributed by atoms with Crippen molar-refractivity contribution in [2.45, 2.75) is 36.6 Å². The molecule has 0 saturated carbocycles. The van der Waals surface area contributed by atoms with Gasteiger partial charge in [0.05, 0.1) is 0 Å². The van der Waals surface area contributed by atoms with E-state index in [0.717, 1.165) is 10.5 Å². The minimum atomic E-state index is -0.841. The van der Waals surface area contributed by atoms with Crippen molar-refractivity contribution < 1.29 is 14.7 Å². The summed E-state index contributed by atoms with van der Waals surface area (Å²) >= 11 is 1.64. The minimum absolute atomic E-state index is 0.0326. The van der Waals surface area contributed by atoms with Crippen LogP contribution < -0.4 is 5.32 Å². The molecule has 0 spiro atoms. The molecule has 0 aliphatic carbocycles. The number of carbonyl (C=O) groups is 2. The standard InChI is InChI=1S/C20H23NO3S/c22-19(13-14-25-18-9-5-2-6-10-18)21-17(11-12-20(23)24)15-16-7-3-1-4-8-16/h1-10,17H,11-15H2,(H,21,22)(H,23,24). The Labute approximate surface area is 152 Å². The molecule has 0 aromatic heterocycles. The van der Waals surface area contributed by atoms with Crippen molar-refractivity contribution in [1.82, 2.24) is 5.32 Å². The van der Waals surface area contributed by atoms with Crippen LogP contribution in [0.15, 0.2) is 65.6 Å². The summed E-state index contributed by atoms with van der Waals surface area (Å²) in [6, 6.07) is 19.6. The summed E-state index contributed by atoms with van der Waals surface area (Å²) in [7, 11) is 0. The van der Waals surface area contributed by atoms with Gasteiger partial charge in [-0.1, -0.05) is 48.5 Å². The van der Waals surface area contributed by atoms with Crippen LogP contribution in [0, 0.1) is 0 Å². The molecule has 0 aliphatic rings. The SMILES string of the molecule is O=C(O)CCC(Cc1ccccc1)NC(=O)CCSc1ccccc1. The number of carbonyl (C=O) groups excluding carboxylic acids is 1. The van der Waals surface area contributed by atoms with E-state index in [-0.39, 0.29) is 18.4 Å². The number of amides is 1. The van der Waals surface area contributed by atoms with E-state index in [1.807, 2.05) is 60.7 Å². The van der Waals surface area contributed by atoms with Crippen LogP contribution in [-0.4, -0.2) is 28.8 Å². The van der Waals surface area contributed by atoms with Gasteiger partial charge in [-0.25, -0.2) is 0 Å². The minimum Gasteiger partial charge on any atom is -0.481 e. The molecule has 2 aromatic rings. The zero-order valence-corrected chi connectivity index (χ0v) is 14.9. The molecule has 1 amide bonds. The van der Waals surface area contributed by atoms with Gasteiger partial charge in [-0.15, -0.1) is 11.8 Å². The largest absolute Gasteiger partial charge is 0.481 e. The van der Waals surface area contributed by atoms with Gasteiger partial charge in [0, 0.05) is 29.5 Å². The topological polar surface area (TPSA) is 66.4 Å². The molecular formula is C20H23NO3S. The second-order valence-electron chi connectivity index (χ2n) is 5.80. The summed E-state index contributed by atoms with van der Waals surface area (Å²) in [5.41, 5.74) is 1.09. The van der Waals surface area contributed by atoms with Crippen molar-refractivity contribution in [2.75, 3.05) is 5.75 Å². The van der Waals surface area contributed by atoms with Crippen molar-refractivity contribution in [3.8, 4) is 0 Å². The molecule has 132 valence electrons. The fraction of sp³-hybridized carbons (Fsp3) is 0.300. The third-order valence-electron chi connectivity index (χ3n) is 3.74. The van der Waals surface area contributed by atoms with Crippen molar-refractivity contribution in [3.05, 3.63) is 66.2 Å². The molecule has 0 heterocycles. The third-order valence-corrected chi connectivity index (χ3v) is 4.75. The van der Waals surface area contributed by atoms with E-state index >= 15 is 0 Å². The maximum atomic E-state index is 12.2. The number of nitrogens with one attached hydrogen (secondary N) is 1. The Hall–Kier alpha value is -2.27. The van der Waals surface area contributed by atoms with Crippen molar-refractivity contribution in [2.24, 2.45) is 0 Å². The highest BCUT2D eigenvalue weighted by Crippen LogP contribution is 2.17. The second-order valence-corrected chi connectivity index (χ2v) is 6.97. The molecule has 25 heavy (non-hydrogen) atoms. The first-order valence-electron chi connectivity index (χ1n) is 8.36. The van der Waals surface area contributed by atoms with Crippen LogP contribution in [0.5, 0.6) is 0 Å². The lowest BCUT2D eigenvalue weighted by atomic mass is 10.0. The maximum Gasteiger partial charge on any atom is 0.303 e. The number of rotatable bonds is 10. The number of carboxylic acid groups (broad SMARTS) is 1. The van der Waals surface area contributed by atoms with Gasteiger partial charge in [-0.05, 0) is 30.5 Å². The van der Waals surface area contributed by atoms with Gasteiger partial charge in [-0.3, -0.25) is 9.59 Å². The molecular weight excluding hydrogens is 334 g/mol. The van der Waals surface area contributed by atoms with E-state index < -0.39 is 5.97 Å². The smallest absolute Gasteiger partial charge is 0.303 e. The highest BCUT2D eigenvalue weighted by atomic mass is 32.2. The quantitative estimate of drug-likeness (QED) is 0.636. The molecule has 4 nitrogen and oxygen atoms in total. The van der Waals surface area contributed by atoms with Gasteiger partial charge in [0.2, 0.25) is 5.91 Å². The Balaban J connectivity index is 1.82. The number of hydrogen-bond donors (Lipinski definition) is 2. The third kappa shape index (κ3) is 7.90. The number of thioether (sulfide) groups is 1. The van der Waals surface area contributed by atoms with E-state index in [2.05, 4.69) is 5.32 Å². The zero-order valence-electron chi connectivity index (χ0n) is 14.1. The number of hydrogen-bond acceptors (Lipinski definition) is 3. The summed E-state index contributed by atoms with van der Waals surface area (Å²) in [5, 5.41) is 11.9. The predicted molar refractivity (Wildman–Crippen MR) is 101 cm³/mol. The molecule has 0 aliphatic heterocycles. The lowest BCUT2D eigenvalue weighted by Crippen LogP contribution is -2.37. The molecule has 1 atom stereocenters. The Kier molecular flexibility index (Phi) is 8.05. The normalized spacial score (nSPS) is 11.7. The van der Waals surface area contributed by atoms with Crippen molar-refractivity contribution in [1.29, 1.82) is 0 Å². The van der Waals surface area contributed by atoms with E-state index in [0.29, 0.717) is 25.0 Å². The van der Waals surface area contributed by atoms with Gasteiger partial charge in [0.25, 0.3) is 0 Å². The van der Waals surface area contributed by atoms with Crippen LogP contribution in [0.2, 0.25) is 0 Å². The molecule has 5 heteroatoms. The van der Waals surface area contributed by atoms with Crippen molar-refractivity contribution >= 4 is 23.6 Å². The highest BCUT2D eigenvalue weighted by molar-refractivity contribution is 7.99. The van der Waals surface area contributed by atoms with Gasteiger partial charge < -0.3 is 10.4 Å². The molecule has 0 saturated heterocycles. The van der Waals surface area contributed by atoms with Gasteiger partial charge in [0.15, 0.2) is 0 Å². The Morgan fingerprint density at radius 3 is 2.24 bits per heavy atom. The summed E-state index contributed by atoms with van der Waals surface area (Å²) in [5.74, 6) is -0.172. The summed E-state index contributed by atoms with van der Waals surface area (Å²) in [6.07, 6.45) is 1.54. The average Bonchev–Trinajstić information content (AvgIpc) is 2.61. The Morgan fingerprint density at radius 1 is 0.960 bits per heavy atom. The zero-order chi connectivity index (χ0) is 17.9. The first kappa shape index (κ1) is 19.1. The van der Waals surface area contributed by atoms with Crippen molar-refractivity contribution in [3.63, 3.8) is 0 Å². The molecule has 0 radical (unpaired) electrons. The molecule has 0 fully saturated rings. The molecule has 1 unspecified atom stereocenters. The number of benzene rings is 2. The fourth-order valence-electron chi connectivity index (χ4n) is 2.50. The maximum absolute atomic E-state index is 12.2. The van der Waals surface area contributed by atoms with Gasteiger partial charge in [0.1, 0.15) is 0 Å². The first-order chi connectivity index (χ1) is 12.1. The fourth-order valence-corrected chi connectivity index (χ4v) is 3.37. The highest BCUT2D eigenvalue weighted by Gasteiger charge is 2.14. The molecule has 2 N–H and O–H groups in total. The predicted octanol–water partition coefficient (Wildman–Crippen LogP) is 3.76. The summed E-state index contributed by atoms with van der Waals surface area (Å²) in [6.45, 7) is 0. The lowest BCUT2D eigenvalue weighted by molar-refractivity contribution is -0.137. The van der Waals surface area contributed by atoms with Crippen LogP contribution in [-0.2, 0) is 16.0 Å². The Bertz CT molecular complexity index is 661.